The number of nitrogens with two attached hydrogens (primary N) is 1. The third kappa shape index (κ3) is 7.32. The lowest BCUT2D eigenvalue weighted by Crippen LogP contribution is -2.44. The monoisotopic (exact) mass is 353 g/mol. The van der Waals surface area contributed by atoms with Crippen molar-refractivity contribution in [3.05, 3.63) is 35.4 Å². The van der Waals surface area contributed by atoms with Crippen molar-refractivity contribution in [2.75, 3.05) is 6.54 Å². The van der Waals surface area contributed by atoms with Crippen molar-refractivity contribution in [1.82, 2.24) is 10.6 Å². The van der Waals surface area contributed by atoms with Gasteiger partial charge in [0.05, 0.1) is 6.54 Å². The van der Waals surface area contributed by atoms with Gasteiger partial charge in [0, 0.05) is 18.5 Å². The third-order valence-corrected chi connectivity index (χ3v) is 4.34. The first kappa shape index (κ1) is 20.5. The first-order valence-corrected chi connectivity index (χ1v) is 8.40. The van der Waals surface area contributed by atoms with Gasteiger partial charge in [0.15, 0.2) is 0 Å². The van der Waals surface area contributed by atoms with Gasteiger partial charge in [-0.2, -0.15) is 0 Å². The van der Waals surface area contributed by atoms with Gasteiger partial charge >= 0.3 is 0 Å². The molecule has 0 spiro atoms. The summed E-state index contributed by atoms with van der Waals surface area (Å²) < 4.78 is 0. The molecule has 1 aliphatic rings. The van der Waals surface area contributed by atoms with Crippen molar-refractivity contribution in [1.29, 1.82) is 0 Å². The molecule has 0 unspecified atom stereocenters. The molecule has 0 bridgehead atoms. The highest BCUT2D eigenvalue weighted by molar-refractivity contribution is 5.85. The first-order chi connectivity index (χ1) is 11.0. The number of amides is 2. The van der Waals surface area contributed by atoms with E-state index in [-0.39, 0.29) is 42.8 Å². The highest BCUT2D eigenvalue weighted by atomic mass is 35.5. The maximum absolute atomic E-state index is 11.9. The Hall–Kier alpha value is -1.59. The van der Waals surface area contributed by atoms with Gasteiger partial charge in [-0.15, -0.1) is 12.4 Å². The number of nitrogens with one attached hydrogen (secondary N) is 2. The van der Waals surface area contributed by atoms with Gasteiger partial charge in [-0.25, -0.2) is 0 Å². The van der Waals surface area contributed by atoms with E-state index in [1.165, 1.54) is 5.56 Å². The fourth-order valence-corrected chi connectivity index (χ4v) is 2.82. The van der Waals surface area contributed by atoms with E-state index >= 15 is 0 Å². The Bertz CT molecular complexity index is 526. The van der Waals surface area contributed by atoms with Crippen LogP contribution >= 0.6 is 12.4 Å². The molecule has 0 radical (unpaired) electrons. The molecule has 0 atom stereocenters. The summed E-state index contributed by atoms with van der Waals surface area (Å²) in [5.74, 6) is -0.208. The summed E-state index contributed by atoms with van der Waals surface area (Å²) in [6.07, 6.45) is 4.84. The smallest absolute Gasteiger partial charge is 0.239 e. The van der Waals surface area contributed by atoms with Crippen molar-refractivity contribution in [3.8, 4) is 0 Å². The second kappa shape index (κ2) is 10.3. The number of hydrogen-bond donors (Lipinski definition) is 3. The van der Waals surface area contributed by atoms with E-state index in [2.05, 4.69) is 10.6 Å². The molecular weight excluding hydrogens is 326 g/mol. The Morgan fingerprint density at radius 2 is 1.71 bits per heavy atom. The topological polar surface area (TPSA) is 84.2 Å². The lowest BCUT2D eigenvalue weighted by atomic mass is 9.92. The summed E-state index contributed by atoms with van der Waals surface area (Å²) in [4.78, 5) is 23.7. The van der Waals surface area contributed by atoms with Crippen LogP contribution in [0.1, 0.15) is 43.2 Å². The number of carbonyl (C=O) groups excluding carboxylic acids is 2. The number of hydrogen-bond acceptors (Lipinski definition) is 3. The summed E-state index contributed by atoms with van der Waals surface area (Å²) >= 11 is 0. The Balaban J connectivity index is 0.00000288. The predicted molar refractivity (Wildman–Crippen MR) is 98.1 cm³/mol. The normalized spacial score (nSPS) is 19.9. The van der Waals surface area contributed by atoms with Crippen molar-refractivity contribution in [2.24, 2.45) is 5.73 Å². The van der Waals surface area contributed by atoms with E-state index in [0.29, 0.717) is 12.8 Å². The largest absolute Gasteiger partial charge is 0.352 e. The maximum Gasteiger partial charge on any atom is 0.239 e. The minimum absolute atomic E-state index is 0. The molecule has 0 aromatic heterocycles. The third-order valence-electron chi connectivity index (χ3n) is 4.34. The molecule has 6 heteroatoms. The van der Waals surface area contributed by atoms with Crippen LogP contribution in [0.15, 0.2) is 24.3 Å². The highest BCUT2D eigenvalue weighted by Crippen LogP contribution is 2.16. The molecule has 5 nitrogen and oxygen atoms in total. The van der Waals surface area contributed by atoms with Crippen LogP contribution in [0.2, 0.25) is 0 Å². The van der Waals surface area contributed by atoms with Gasteiger partial charge in [-0.05, 0) is 44.6 Å². The van der Waals surface area contributed by atoms with Gasteiger partial charge in [0.2, 0.25) is 11.8 Å². The summed E-state index contributed by atoms with van der Waals surface area (Å²) in [6, 6.07) is 8.61. The van der Waals surface area contributed by atoms with Crippen LogP contribution in [0.4, 0.5) is 0 Å². The Kier molecular flexibility index (Phi) is 8.79. The zero-order valence-corrected chi connectivity index (χ0v) is 15.0. The summed E-state index contributed by atoms with van der Waals surface area (Å²) in [7, 11) is 0. The number of rotatable bonds is 6. The lowest BCUT2D eigenvalue weighted by molar-refractivity contribution is -0.126. The van der Waals surface area contributed by atoms with E-state index in [4.69, 9.17) is 5.73 Å². The molecule has 4 N–H and O–H groups in total. The molecule has 1 fully saturated rings. The molecule has 1 saturated carbocycles. The van der Waals surface area contributed by atoms with E-state index in [1.54, 1.807) is 0 Å². The van der Waals surface area contributed by atoms with Crippen LogP contribution in [-0.4, -0.2) is 30.4 Å². The minimum Gasteiger partial charge on any atom is -0.352 e. The number of halogens is 1. The molecule has 0 aliphatic heterocycles. The van der Waals surface area contributed by atoms with E-state index < -0.39 is 0 Å². The SMILES string of the molecule is Cc1ccc(CCC(=O)NCC(=O)NC2CCC(N)CC2)cc1.Cl. The first-order valence-electron chi connectivity index (χ1n) is 8.40. The molecule has 1 aliphatic carbocycles. The van der Waals surface area contributed by atoms with Crippen molar-refractivity contribution in [3.63, 3.8) is 0 Å². The van der Waals surface area contributed by atoms with Crippen LogP contribution in [0.3, 0.4) is 0 Å². The van der Waals surface area contributed by atoms with E-state index in [1.807, 2.05) is 31.2 Å². The fraction of sp³-hybridized carbons (Fsp3) is 0.556. The molecule has 1 aromatic carbocycles. The molecule has 1 aromatic rings. The molecule has 2 amide bonds. The fourth-order valence-electron chi connectivity index (χ4n) is 2.82. The zero-order valence-electron chi connectivity index (χ0n) is 14.2. The molecule has 134 valence electrons. The standard InChI is InChI=1S/C18H27N3O2.ClH/c1-13-2-4-14(5-3-13)6-11-17(22)20-12-18(23)21-16-9-7-15(19)8-10-16;/h2-5,15-16H,6-12,19H2,1H3,(H,20,22)(H,21,23);1H. The summed E-state index contributed by atoms with van der Waals surface area (Å²) in [5.41, 5.74) is 8.19. The van der Waals surface area contributed by atoms with Crippen molar-refractivity contribution in [2.45, 2.75) is 57.5 Å². The average Bonchev–Trinajstić information content (AvgIpc) is 2.54. The van der Waals surface area contributed by atoms with E-state index in [0.717, 1.165) is 31.2 Å². The maximum atomic E-state index is 11.9. The Labute approximate surface area is 150 Å². The van der Waals surface area contributed by atoms with Crippen LogP contribution in [-0.2, 0) is 16.0 Å². The lowest BCUT2D eigenvalue weighted by Gasteiger charge is -2.26. The van der Waals surface area contributed by atoms with Crippen molar-refractivity contribution >= 4 is 24.2 Å². The van der Waals surface area contributed by atoms with Gasteiger partial charge < -0.3 is 16.4 Å². The second-order valence-corrected chi connectivity index (χ2v) is 6.44. The van der Waals surface area contributed by atoms with Crippen LogP contribution in [0.25, 0.3) is 0 Å². The summed E-state index contributed by atoms with van der Waals surface area (Å²) in [6.45, 7) is 2.09. The Morgan fingerprint density at radius 1 is 1.08 bits per heavy atom. The second-order valence-electron chi connectivity index (χ2n) is 6.44. The van der Waals surface area contributed by atoms with E-state index in [9.17, 15) is 9.59 Å². The zero-order chi connectivity index (χ0) is 16.7. The highest BCUT2D eigenvalue weighted by Gasteiger charge is 2.19. The minimum atomic E-state index is -0.117. The average molecular weight is 354 g/mol. The van der Waals surface area contributed by atoms with Crippen LogP contribution in [0.5, 0.6) is 0 Å². The molecule has 2 rings (SSSR count). The molecule has 0 saturated heterocycles. The number of aryl methyl sites for hydroxylation is 2. The van der Waals surface area contributed by atoms with Gasteiger partial charge in [0.1, 0.15) is 0 Å². The quantitative estimate of drug-likeness (QED) is 0.729. The number of benzene rings is 1. The van der Waals surface area contributed by atoms with Crippen LogP contribution < -0.4 is 16.4 Å². The van der Waals surface area contributed by atoms with Crippen LogP contribution in [0, 0.1) is 6.92 Å². The summed E-state index contributed by atoms with van der Waals surface area (Å²) in [5, 5.41) is 5.65. The van der Waals surface area contributed by atoms with Gasteiger partial charge in [0.25, 0.3) is 0 Å². The van der Waals surface area contributed by atoms with Gasteiger partial charge in [-0.1, -0.05) is 29.8 Å². The molecular formula is C18H28ClN3O2. The van der Waals surface area contributed by atoms with Crippen molar-refractivity contribution < 1.29 is 9.59 Å². The molecule has 24 heavy (non-hydrogen) atoms. The number of carbonyl (C=O) groups is 2. The van der Waals surface area contributed by atoms with Gasteiger partial charge in [-0.3, -0.25) is 9.59 Å². The Morgan fingerprint density at radius 3 is 2.33 bits per heavy atom. The predicted octanol–water partition coefficient (Wildman–Crippen LogP) is 1.85. The molecule has 0 heterocycles.